The molecule has 2 heterocycles. The molecule has 1 aliphatic rings. The van der Waals surface area contributed by atoms with Crippen molar-refractivity contribution in [2.24, 2.45) is 0 Å². The Morgan fingerprint density at radius 2 is 1.77 bits per heavy atom. The first-order chi connectivity index (χ1) is 14.8. The maximum atomic E-state index is 12.7. The summed E-state index contributed by atoms with van der Waals surface area (Å²) in [5, 5.41) is 3.12. The van der Waals surface area contributed by atoms with Gasteiger partial charge in [0.2, 0.25) is 0 Å². The van der Waals surface area contributed by atoms with Gasteiger partial charge in [0.05, 0.1) is 6.04 Å². The SMILES string of the molecule is O=C(NCC(c1ccccc1)N1CCCC1)c1ccc(OCc2cccnc2)cc1. The van der Waals surface area contributed by atoms with E-state index in [1.54, 1.807) is 24.5 Å². The molecule has 1 unspecified atom stereocenters. The second-order valence-electron chi connectivity index (χ2n) is 7.55. The van der Waals surface area contributed by atoms with Crippen LogP contribution < -0.4 is 10.1 Å². The highest BCUT2D eigenvalue weighted by molar-refractivity contribution is 5.94. The minimum absolute atomic E-state index is 0.0612. The third-order valence-corrected chi connectivity index (χ3v) is 5.47. The molecule has 154 valence electrons. The van der Waals surface area contributed by atoms with Crippen molar-refractivity contribution in [1.29, 1.82) is 0 Å². The largest absolute Gasteiger partial charge is 0.489 e. The van der Waals surface area contributed by atoms with Gasteiger partial charge in [-0.15, -0.1) is 0 Å². The van der Waals surface area contributed by atoms with Gasteiger partial charge >= 0.3 is 0 Å². The highest BCUT2D eigenvalue weighted by Crippen LogP contribution is 2.24. The van der Waals surface area contributed by atoms with Crippen molar-refractivity contribution in [3.8, 4) is 5.75 Å². The van der Waals surface area contributed by atoms with Gasteiger partial charge in [0.15, 0.2) is 0 Å². The van der Waals surface area contributed by atoms with Gasteiger partial charge in [-0.1, -0.05) is 36.4 Å². The lowest BCUT2D eigenvalue weighted by Crippen LogP contribution is -2.36. The first-order valence-corrected chi connectivity index (χ1v) is 10.5. The number of amides is 1. The van der Waals surface area contributed by atoms with Crippen molar-refractivity contribution in [1.82, 2.24) is 15.2 Å². The molecule has 1 aliphatic heterocycles. The summed E-state index contributed by atoms with van der Waals surface area (Å²) in [5.74, 6) is 0.670. The average molecular weight is 402 g/mol. The van der Waals surface area contributed by atoms with Gasteiger partial charge in [0.25, 0.3) is 5.91 Å². The summed E-state index contributed by atoms with van der Waals surface area (Å²) in [5.41, 5.74) is 2.89. The van der Waals surface area contributed by atoms with Crippen molar-refractivity contribution >= 4 is 5.91 Å². The van der Waals surface area contributed by atoms with Crippen LogP contribution in [0.4, 0.5) is 0 Å². The Kier molecular flexibility index (Phi) is 6.72. The van der Waals surface area contributed by atoms with Crippen molar-refractivity contribution in [2.75, 3.05) is 19.6 Å². The quantitative estimate of drug-likeness (QED) is 0.614. The highest BCUT2D eigenvalue weighted by atomic mass is 16.5. The molecule has 1 saturated heterocycles. The van der Waals surface area contributed by atoms with Crippen molar-refractivity contribution in [3.05, 3.63) is 95.8 Å². The molecule has 0 spiro atoms. The third-order valence-electron chi connectivity index (χ3n) is 5.47. The molecule has 2 aromatic carbocycles. The first-order valence-electron chi connectivity index (χ1n) is 10.5. The van der Waals surface area contributed by atoms with Crippen LogP contribution in [-0.2, 0) is 6.61 Å². The molecule has 5 heteroatoms. The molecule has 0 bridgehead atoms. The monoisotopic (exact) mass is 401 g/mol. The van der Waals surface area contributed by atoms with E-state index in [4.69, 9.17) is 4.74 Å². The number of hydrogen-bond acceptors (Lipinski definition) is 4. The molecule has 1 atom stereocenters. The minimum atomic E-state index is -0.0612. The second-order valence-corrected chi connectivity index (χ2v) is 7.55. The number of pyridine rings is 1. The van der Waals surface area contributed by atoms with Crippen molar-refractivity contribution in [2.45, 2.75) is 25.5 Å². The average Bonchev–Trinajstić information content (AvgIpc) is 3.34. The molecule has 0 radical (unpaired) electrons. The summed E-state index contributed by atoms with van der Waals surface area (Å²) < 4.78 is 5.77. The molecule has 3 aromatic rings. The van der Waals surface area contributed by atoms with E-state index in [0.29, 0.717) is 18.7 Å². The third kappa shape index (κ3) is 5.24. The van der Waals surface area contributed by atoms with Gasteiger partial charge in [0, 0.05) is 30.1 Å². The van der Waals surface area contributed by atoms with Crippen LogP contribution in [0, 0.1) is 0 Å². The number of likely N-dealkylation sites (tertiary alicyclic amines) is 1. The van der Waals surface area contributed by atoms with Gasteiger partial charge in [-0.05, 0) is 61.8 Å². The van der Waals surface area contributed by atoms with E-state index in [2.05, 4.69) is 39.5 Å². The van der Waals surface area contributed by atoms with E-state index < -0.39 is 0 Å². The minimum Gasteiger partial charge on any atom is -0.489 e. The molecule has 1 aromatic heterocycles. The van der Waals surface area contributed by atoms with E-state index in [1.165, 1.54) is 18.4 Å². The lowest BCUT2D eigenvalue weighted by Gasteiger charge is -2.28. The van der Waals surface area contributed by atoms with Crippen LogP contribution in [0.2, 0.25) is 0 Å². The number of ether oxygens (including phenoxy) is 1. The zero-order valence-corrected chi connectivity index (χ0v) is 17.0. The number of nitrogens with one attached hydrogen (secondary N) is 1. The molecule has 1 fully saturated rings. The predicted octanol–water partition coefficient (Wildman–Crippen LogP) is 4.23. The zero-order chi connectivity index (χ0) is 20.6. The zero-order valence-electron chi connectivity index (χ0n) is 17.0. The summed E-state index contributed by atoms with van der Waals surface area (Å²) in [6.45, 7) is 3.22. The van der Waals surface area contributed by atoms with Gasteiger partial charge in [0.1, 0.15) is 12.4 Å². The van der Waals surface area contributed by atoms with Crippen molar-refractivity contribution in [3.63, 3.8) is 0 Å². The predicted molar refractivity (Wildman–Crippen MR) is 117 cm³/mol. The summed E-state index contributed by atoms with van der Waals surface area (Å²) in [7, 11) is 0. The Balaban J connectivity index is 1.34. The number of carbonyl (C=O) groups is 1. The Morgan fingerprint density at radius 3 is 2.47 bits per heavy atom. The Morgan fingerprint density at radius 1 is 1.00 bits per heavy atom. The lowest BCUT2D eigenvalue weighted by atomic mass is 10.1. The Bertz CT molecular complexity index is 924. The number of hydrogen-bond donors (Lipinski definition) is 1. The van der Waals surface area contributed by atoms with E-state index in [1.807, 2.05) is 30.3 Å². The smallest absolute Gasteiger partial charge is 0.251 e. The summed E-state index contributed by atoms with van der Waals surface area (Å²) >= 11 is 0. The molecule has 30 heavy (non-hydrogen) atoms. The van der Waals surface area contributed by atoms with E-state index >= 15 is 0 Å². The fraction of sp³-hybridized carbons (Fsp3) is 0.280. The number of rotatable bonds is 8. The van der Waals surface area contributed by atoms with Gasteiger partial charge < -0.3 is 10.1 Å². The Hall–Kier alpha value is -3.18. The molecule has 0 saturated carbocycles. The second kappa shape index (κ2) is 10.0. The summed E-state index contributed by atoms with van der Waals surface area (Å²) in [6.07, 6.45) is 5.96. The molecule has 1 N–H and O–H groups in total. The van der Waals surface area contributed by atoms with Crippen LogP contribution in [0.25, 0.3) is 0 Å². The highest BCUT2D eigenvalue weighted by Gasteiger charge is 2.23. The summed E-state index contributed by atoms with van der Waals surface area (Å²) in [6, 6.07) is 21.8. The normalized spacial score (nSPS) is 14.9. The molecule has 5 nitrogen and oxygen atoms in total. The molecule has 4 rings (SSSR count). The van der Waals surface area contributed by atoms with Crippen molar-refractivity contribution < 1.29 is 9.53 Å². The fourth-order valence-corrected chi connectivity index (χ4v) is 3.83. The number of benzene rings is 2. The number of nitrogens with zero attached hydrogens (tertiary/aromatic N) is 2. The lowest BCUT2D eigenvalue weighted by molar-refractivity contribution is 0.0938. The maximum Gasteiger partial charge on any atom is 0.251 e. The maximum absolute atomic E-state index is 12.7. The van der Waals surface area contributed by atoms with Crippen LogP contribution in [-0.4, -0.2) is 35.4 Å². The van der Waals surface area contributed by atoms with Gasteiger partial charge in [-0.25, -0.2) is 0 Å². The van der Waals surface area contributed by atoms with Gasteiger partial charge in [-0.2, -0.15) is 0 Å². The summed E-state index contributed by atoms with van der Waals surface area (Å²) in [4.78, 5) is 19.3. The molecular weight excluding hydrogens is 374 g/mol. The van der Waals surface area contributed by atoms with E-state index in [-0.39, 0.29) is 11.9 Å². The van der Waals surface area contributed by atoms with E-state index in [9.17, 15) is 4.79 Å². The van der Waals surface area contributed by atoms with Crippen LogP contribution in [0.15, 0.2) is 79.1 Å². The fourth-order valence-electron chi connectivity index (χ4n) is 3.83. The molecular formula is C25H27N3O2. The standard InChI is InChI=1S/C25H27N3O2/c29-25(22-10-12-23(13-11-22)30-19-20-7-6-14-26-17-20)27-18-24(28-15-4-5-16-28)21-8-2-1-3-9-21/h1-3,6-14,17,24H,4-5,15-16,18-19H2,(H,27,29). The van der Waals surface area contributed by atoms with Crippen LogP contribution in [0.3, 0.4) is 0 Å². The topological polar surface area (TPSA) is 54.5 Å². The van der Waals surface area contributed by atoms with E-state index in [0.717, 1.165) is 24.4 Å². The molecule has 1 amide bonds. The van der Waals surface area contributed by atoms with Gasteiger partial charge in [-0.3, -0.25) is 14.7 Å². The number of aromatic nitrogens is 1. The number of carbonyl (C=O) groups excluding carboxylic acids is 1. The first kappa shape index (κ1) is 20.1. The molecule has 0 aliphatic carbocycles. The Labute approximate surface area is 177 Å². The van der Waals surface area contributed by atoms with Crippen LogP contribution in [0.1, 0.15) is 40.4 Å². The van der Waals surface area contributed by atoms with Crippen LogP contribution >= 0.6 is 0 Å². The van der Waals surface area contributed by atoms with Crippen LogP contribution in [0.5, 0.6) is 5.75 Å².